The van der Waals surface area contributed by atoms with Crippen LogP contribution in [0, 0.1) is 20.8 Å². The molecule has 0 aliphatic carbocycles. The minimum Gasteiger partial charge on any atom is -0.377 e. The van der Waals surface area contributed by atoms with E-state index in [1.54, 1.807) is 11.3 Å². The standard InChI is InChI=1S/C10H14N4S/c1-6-10(7(2)14-13-6)12-5-9-4-11-8(3)15-9/h4,12H,5H2,1-3H3,(H,13,14). The molecule has 0 aliphatic rings. The Bertz CT molecular complexity index is 438. The van der Waals surface area contributed by atoms with Crippen molar-refractivity contribution in [2.45, 2.75) is 27.3 Å². The summed E-state index contributed by atoms with van der Waals surface area (Å²) in [6.45, 7) is 6.83. The fourth-order valence-corrected chi connectivity index (χ4v) is 2.21. The van der Waals surface area contributed by atoms with Crippen LogP contribution in [0.5, 0.6) is 0 Å². The van der Waals surface area contributed by atoms with Gasteiger partial charge in [0.15, 0.2) is 0 Å². The lowest BCUT2D eigenvalue weighted by atomic mass is 10.3. The van der Waals surface area contributed by atoms with Gasteiger partial charge < -0.3 is 5.32 Å². The fraction of sp³-hybridized carbons (Fsp3) is 0.400. The lowest BCUT2D eigenvalue weighted by Gasteiger charge is -2.03. The maximum absolute atomic E-state index is 4.22. The van der Waals surface area contributed by atoms with Crippen molar-refractivity contribution < 1.29 is 0 Å². The Morgan fingerprint density at radius 1 is 1.40 bits per heavy atom. The van der Waals surface area contributed by atoms with E-state index in [9.17, 15) is 0 Å². The molecule has 0 amide bonds. The molecule has 80 valence electrons. The molecule has 2 heterocycles. The highest BCUT2D eigenvalue weighted by molar-refractivity contribution is 7.11. The van der Waals surface area contributed by atoms with Crippen molar-refractivity contribution in [3.63, 3.8) is 0 Å². The van der Waals surface area contributed by atoms with Gasteiger partial charge in [0, 0.05) is 11.1 Å². The largest absolute Gasteiger partial charge is 0.377 e. The van der Waals surface area contributed by atoms with Gasteiger partial charge in [0.25, 0.3) is 0 Å². The summed E-state index contributed by atoms with van der Waals surface area (Å²) in [6, 6.07) is 0. The molecule has 0 saturated heterocycles. The second-order valence-corrected chi connectivity index (χ2v) is 4.83. The first kappa shape index (κ1) is 10.2. The molecule has 0 bridgehead atoms. The second kappa shape index (κ2) is 4.02. The third-order valence-electron chi connectivity index (χ3n) is 2.24. The van der Waals surface area contributed by atoms with Crippen molar-refractivity contribution in [1.29, 1.82) is 0 Å². The summed E-state index contributed by atoms with van der Waals surface area (Å²) in [5.74, 6) is 0. The van der Waals surface area contributed by atoms with Gasteiger partial charge in [-0.2, -0.15) is 5.10 Å². The molecule has 15 heavy (non-hydrogen) atoms. The predicted octanol–water partition coefficient (Wildman–Crippen LogP) is 2.40. The first-order valence-corrected chi connectivity index (χ1v) is 5.65. The van der Waals surface area contributed by atoms with E-state index >= 15 is 0 Å². The molecule has 2 rings (SSSR count). The number of thiazole rings is 1. The molecule has 5 heteroatoms. The van der Waals surface area contributed by atoms with Crippen molar-refractivity contribution in [3.8, 4) is 0 Å². The van der Waals surface area contributed by atoms with E-state index in [4.69, 9.17) is 0 Å². The van der Waals surface area contributed by atoms with E-state index < -0.39 is 0 Å². The number of H-pyrrole nitrogens is 1. The third kappa shape index (κ3) is 2.18. The first-order valence-electron chi connectivity index (χ1n) is 4.83. The zero-order chi connectivity index (χ0) is 10.8. The Kier molecular flexibility index (Phi) is 2.73. The Balaban J connectivity index is 2.05. The van der Waals surface area contributed by atoms with E-state index in [1.165, 1.54) is 4.88 Å². The number of hydrogen-bond donors (Lipinski definition) is 2. The molecular weight excluding hydrogens is 208 g/mol. The van der Waals surface area contributed by atoms with Crippen molar-refractivity contribution in [3.05, 3.63) is 27.5 Å². The van der Waals surface area contributed by atoms with Crippen molar-refractivity contribution in [2.75, 3.05) is 5.32 Å². The van der Waals surface area contributed by atoms with Gasteiger partial charge in [-0.15, -0.1) is 11.3 Å². The summed E-state index contributed by atoms with van der Waals surface area (Å²) in [5, 5.41) is 11.6. The van der Waals surface area contributed by atoms with Crippen LogP contribution >= 0.6 is 11.3 Å². The van der Waals surface area contributed by atoms with Crippen LogP contribution in [0.25, 0.3) is 0 Å². The SMILES string of the molecule is Cc1ncc(CNc2c(C)n[nH]c2C)s1. The maximum Gasteiger partial charge on any atom is 0.0897 e. The highest BCUT2D eigenvalue weighted by atomic mass is 32.1. The molecular formula is C10H14N4S. The smallest absolute Gasteiger partial charge is 0.0897 e. The number of aryl methyl sites for hydroxylation is 3. The lowest BCUT2D eigenvalue weighted by Crippen LogP contribution is -1.99. The summed E-state index contributed by atoms with van der Waals surface area (Å²) < 4.78 is 0. The van der Waals surface area contributed by atoms with Gasteiger partial charge in [-0.05, 0) is 20.8 Å². The van der Waals surface area contributed by atoms with Gasteiger partial charge in [0.1, 0.15) is 0 Å². The van der Waals surface area contributed by atoms with Crippen LogP contribution in [0.2, 0.25) is 0 Å². The molecule has 4 nitrogen and oxygen atoms in total. The Morgan fingerprint density at radius 2 is 2.20 bits per heavy atom. The number of nitrogens with one attached hydrogen (secondary N) is 2. The van der Waals surface area contributed by atoms with Crippen LogP contribution in [0.15, 0.2) is 6.20 Å². The Morgan fingerprint density at radius 3 is 2.73 bits per heavy atom. The number of aromatic nitrogens is 3. The second-order valence-electron chi connectivity index (χ2n) is 3.51. The summed E-state index contributed by atoms with van der Waals surface area (Å²) >= 11 is 1.72. The Labute approximate surface area is 92.8 Å². The van der Waals surface area contributed by atoms with Gasteiger partial charge in [-0.25, -0.2) is 4.98 Å². The molecule has 0 saturated carbocycles. The number of anilines is 1. The molecule has 0 atom stereocenters. The fourth-order valence-electron chi connectivity index (χ4n) is 1.47. The average Bonchev–Trinajstić information content (AvgIpc) is 2.73. The zero-order valence-electron chi connectivity index (χ0n) is 9.09. The number of rotatable bonds is 3. The van der Waals surface area contributed by atoms with Crippen LogP contribution < -0.4 is 5.32 Å². The summed E-state index contributed by atoms with van der Waals surface area (Å²) in [4.78, 5) is 5.46. The highest BCUT2D eigenvalue weighted by Crippen LogP contribution is 2.19. The molecule has 0 radical (unpaired) electrons. The molecule has 0 aliphatic heterocycles. The molecule has 2 aromatic heterocycles. The van der Waals surface area contributed by atoms with Crippen LogP contribution in [0.3, 0.4) is 0 Å². The minimum absolute atomic E-state index is 0.812. The van der Waals surface area contributed by atoms with Crippen molar-refractivity contribution in [2.24, 2.45) is 0 Å². The van der Waals surface area contributed by atoms with E-state index in [-0.39, 0.29) is 0 Å². The van der Waals surface area contributed by atoms with Gasteiger partial charge >= 0.3 is 0 Å². The van der Waals surface area contributed by atoms with Crippen LogP contribution in [-0.2, 0) is 6.54 Å². The van der Waals surface area contributed by atoms with Crippen molar-refractivity contribution >= 4 is 17.0 Å². The Hall–Kier alpha value is -1.36. The van der Waals surface area contributed by atoms with E-state index in [1.807, 2.05) is 27.0 Å². The van der Waals surface area contributed by atoms with Gasteiger partial charge in [-0.3, -0.25) is 5.10 Å². The topological polar surface area (TPSA) is 53.6 Å². The molecule has 2 aromatic rings. The van der Waals surface area contributed by atoms with E-state index in [0.717, 1.165) is 28.6 Å². The first-order chi connectivity index (χ1) is 7.16. The summed E-state index contributed by atoms with van der Waals surface area (Å²) in [6.07, 6.45) is 1.91. The monoisotopic (exact) mass is 222 g/mol. The predicted molar refractivity (Wildman–Crippen MR) is 62.2 cm³/mol. The summed E-state index contributed by atoms with van der Waals surface area (Å²) in [5.41, 5.74) is 3.18. The summed E-state index contributed by atoms with van der Waals surface area (Å²) in [7, 11) is 0. The molecule has 0 unspecified atom stereocenters. The average molecular weight is 222 g/mol. The van der Waals surface area contributed by atoms with Gasteiger partial charge in [0.2, 0.25) is 0 Å². The highest BCUT2D eigenvalue weighted by Gasteiger charge is 2.05. The number of hydrogen-bond acceptors (Lipinski definition) is 4. The molecule has 2 N–H and O–H groups in total. The quantitative estimate of drug-likeness (QED) is 0.838. The van der Waals surface area contributed by atoms with Crippen LogP contribution in [0.1, 0.15) is 21.3 Å². The minimum atomic E-state index is 0.812. The maximum atomic E-state index is 4.22. The zero-order valence-corrected chi connectivity index (χ0v) is 9.90. The number of aromatic amines is 1. The molecule has 0 spiro atoms. The van der Waals surface area contributed by atoms with Gasteiger partial charge in [-0.1, -0.05) is 0 Å². The van der Waals surface area contributed by atoms with E-state index in [2.05, 4.69) is 20.5 Å². The molecule has 0 fully saturated rings. The molecule has 0 aromatic carbocycles. The lowest BCUT2D eigenvalue weighted by molar-refractivity contribution is 1.02. The normalized spacial score (nSPS) is 10.6. The third-order valence-corrected chi connectivity index (χ3v) is 3.15. The van der Waals surface area contributed by atoms with Gasteiger partial charge in [0.05, 0.1) is 28.6 Å². The van der Waals surface area contributed by atoms with Crippen molar-refractivity contribution in [1.82, 2.24) is 15.2 Å². The number of nitrogens with zero attached hydrogens (tertiary/aromatic N) is 2. The van der Waals surface area contributed by atoms with Crippen LogP contribution in [0.4, 0.5) is 5.69 Å². The van der Waals surface area contributed by atoms with E-state index in [0.29, 0.717) is 0 Å². The van der Waals surface area contributed by atoms with Crippen LogP contribution in [-0.4, -0.2) is 15.2 Å².